The highest BCUT2D eigenvalue weighted by molar-refractivity contribution is 5.20. The minimum absolute atomic E-state index is 0.261. The van der Waals surface area contributed by atoms with Gasteiger partial charge in [0.25, 0.3) is 0 Å². The first-order valence-electron chi connectivity index (χ1n) is 6.42. The van der Waals surface area contributed by atoms with Crippen molar-refractivity contribution in [3.63, 3.8) is 0 Å². The highest BCUT2D eigenvalue weighted by Gasteiger charge is 2.43. The smallest absolute Gasteiger partial charge is 0.246 e. The maximum absolute atomic E-state index is 13.1. The molecule has 1 saturated carbocycles. The van der Waals surface area contributed by atoms with Crippen LogP contribution in [-0.2, 0) is 12.0 Å². The highest BCUT2D eigenvalue weighted by Crippen LogP contribution is 2.43. The second kappa shape index (κ2) is 4.42. The fourth-order valence-corrected chi connectivity index (χ4v) is 2.23. The zero-order valence-corrected chi connectivity index (χ0v) is 10.8. The van der Waals surface area contributed by atoms with Crippen molar-refractivity contribution in [3.05, 3.63) is 47.4 Å². The first-order chi connectivity index (χ1) is 9.05. The molecule has 100 valence electrons. The van der Waals surface area contributed by atoms with Crippen LogP contribution in [0.5, 0.6) is 0 Å². The molecule has 0 amide bonds. The van der Waals surface area contributed by atoms with Crippen molar-refractivity contribution in [1.29, 1.82) is 0 Å². The molecule has 0 radical (unpaired) electrons. The summed E-state index contributed by atoms with van der Waals surface area (Å²) in [5.41, 5.74) is 6.49. The van der Waals surface area contributed by atoms with Crippen molar-refractivity contribution in [2.24, 2.45) is 11.7 Å². The molecule has 1 aromatic heterocycles. The van der Waals surface area contributed by atoms with Crippen LogP contribution in [0.25, 0.3) is 0 Å². The van der Waals surface area contributed by atoms with Crippen LogP contribution in [0.4, 0.5) is 4.39 Å². The Hall–Kier alpha value is -1.75. The SMILES string of the molecule is CC(N)(c1nc(Cc2cccc(F)c2)no1)C1CC1. The molecule has 2 aromatic rings. The van der Waals surface area contributed by atoms with E-state index in [1.165, 1.54) is 12.1 Å². The predicted molar refractivity (Wildman–Crippen MR) is 67.8 cm³/mol. The van der Waals surface area contributed by atoms with Crippen LogP contribution in [0, 0.1) is 11.7 Å². The molecule has 0 spiro atoms. The standard InChI is InChI=1S/C14H16FN3O/c1-14(16,10-5-6-10)13-17-12(18-19-13)8-9-3-2-4-11(15)7-9/h2-4,7,10H,5-6,8,16H2,1H3. The van der Waals surface area contributed by atoms with Gasteiger partial charge in [-0.05, 0) is 43.4 Å². The lowest BCUT2D eigenvalue weighted by Gasteiger charge is -2.18. The Bertz CT molecular complexity index is 590. The first-order valence-corrected chi connectivity index (χ1v) is 6.42. The lowest BCUT2D eigenvalue weighted by molar-refractivity contribution is 0.272. The number of halogens is 1. The monoisotopic (exact) mass is 261 g/mol. The molecule has 1 heterocycles. The zero-order valence-electron chi connectivity index (χ0n) is 10.8. The van der Waals surface area contributed by atoms with Gasteiger partial charge in [-0.3, -0.25) is 0 Å². The number of nitrogens with two attached hydrogens (primary N) is 1. The van der Waals surface area contributed by atoms with Gasteiger partial charge in [-0.1, -0.05) is 17.3 Å². The fourth-order valence-electron chi connectivity index (χ4n) is 2.23. The molecule has 1 unspecified atom stereocenters. The third-order valence-electron chi connectivity index (χ3n) is 3.61. The van der Waals surface area contributed by atoms with E-state index < -0.39 is 5.54 Å². The lowest BCUT2D eigenvalue weighted by Crippen LogP contribution is -2.35. The molecule has 2 N–H and O–H groups in total. The van der Waals surface area contributed by atoms with E-state index in [1.807, 2.05) is 13.0 Å². The van der Waals surface area contributed by atoms with Gasteiger partial charge >= 0.3 is 0 Å². The van der Waals surface area contributed by atoms with E-state index in [2.05, 4.69) is 10.1 Å². The average molecular weight is 261 g/mol. The Morgan fingerprint density at radius 2 is 2.26 bits per heavy atom. The van der Waals surface area contributed by atoms with Gasteiger partial charge in [0, 0.05) is 6.42 Å². The fraction of sp³-hybridized carbons (Fsp3) is 0.429. The second-order valence-electron chi connectivity index (χ2n) is 5.38. The maximum Gasteiger partial charge on any atom is 0.246 e. The summed E-state index contributed by atoms with van der Waals surface area (Å²) in [6, 6.07) is 6.39. The average Bonchev–Trinajstić information content (AvgIpc) is 3.11. The third-order valence-corrected chi connectivity index (χ3v) is 3.61. The topological polar surface area (TPSA) is 64.9 Å². The molecule has 4 nitrogen and oxygen atoms in total. The Morgan fingerprint density at radius 3 is 2.95 bits per heavy atom. The molecule has 1 aliphatic carbocycles. The summed E-state index contributed by atoms with van der Waals surface area (Å²) < 4.78 is 18.3. The van der Waals surface area contributed by atoms with Gasteiger partial charge in [0.05, 0.1) is 5.54 Å². The van der Waals surface area contributed by atoms with Gasteiger partial charge in [0.1, 0.15) is 5.82 Å². The summed E-state index contributed by atoms with van der Waals surface area (Å²) in [4.78, 5) is 4.34. The minimum Gasteiger partial charge on any atom is -0.337 e. The molecule has 1 fully saturated rings. The Kier molecular flexibility index (Phi) is 2.86. The molecule has 0 aliphatic heterocycles. The van der Waals surface area contributed by atoms with E-state index in [0.29, 0.717) is 24.1 Å². The molecule has 3 rings (SSSR count). The van der Waals surface area contributed by atoms with Gasteiger partial charge in [-0.25, -0.2) is 4.39 Å². The van der Waals surface area contributed by atoms with Crippen molar-refractivity contribution in [2.75, 3.05) is 0 Å². The minimum atomic E-state index is -0.548. The Morgan fingerprint density at radius 1 is 1.47 bits per heavy atom. The van der Waals surface area contributed by atoms with Gasteiger partial charge in [0.15, 0.2) is 5.82 Å². The van der Waals surface area contributed by atoms with E-state index in [-0.39, 0.29) is 5.82 Å². The van der Waals surface area contributed by atoms with Crippen molar-refractivity contribution < 1.29 is 8.91 Å². The summed E-state index contributed by atoms with van der Waals surface area (Å²) in [5.74, 6) is 1.18. The van der Waals surface area contributed by atoms with Crippen LogP contribution in [0.2, 0.25) is 0 Å². The van der Waals surface area contributed by atoms with E-state index >= 15 is 0 Å². The summed E-state index contributed by atoms with van der Waals surface area (Å²) in [5, 5.41) is 3.93. The molecular formula is C14H16FN3O. The van der Waals surface area contributed by atoms with Crippen molar-refractivity contribution in [3.8, 4) is 0 Å². The Balaban J connectivity index is 1.78. The van der Waals surface area contributed by atoms with Gasteiger partial charge < -0.3 is 10.3 Å². The van der Waals surface area contributed by atoms with E-state index in [9.17, 15) is 4.39 Å². The number of hydrogen-bond acceptors (Lipinski definition) is 4. The molecular weight excluding hydrogens is 245 g/mol. The summed E-state index contributed by atoms with van der Waals surface area (Å²) in [6.07, 6.45) is 2.66. The van der Waals surface area contributed by atoms with Crippen molar-refractivity contribution >= 4 is 0 Å². The summed E-state index contributed by atoms with van der Waals surface area (Å²) in [6.45, 7) is 1.92. The van der Waals surface area contributed by atoms with Gasteiger partial charge in [-0.15, -0.1) is 0 Å². The van der Waals surface area contributed by atoms with Gasteiger partial charge in [-0.2, -0.15) is 4.98 Å². The molecule has 0 saturated heterocycles. The van der Waals surface area contributed by atoms with E-state index in [0.717, 1.165) is 18.4 Å². The number of benzene rings is 1. The van der Waals surface area contributed by atoms with Crippen molar-refractivity contribution in [2.45, 2.75) is 31.7 Å². The van der Waals surface area contributed by atoms with Crippen LogP contribution in [0.3, 0.4) is 0 Å². The largest absolute Gasteiger partial charge is 0.337 e. The third kappa shape index (κ3) is 2.51. The van der Waals surface area contributed by atoms with Crippen LogP contribution in [0.15, 0.2) is 28.8 Å². The summed E-state index contributed by atoms with van der Waals surface area (Å²) in [7, 11) is 0. The molecule has 19 heavy (non-hydrogen) atoms. The molecule has 1 aromatic carbocycles. The summed E-state index contributed by atoms with van der Waals surface area (Å²) >= 11 is 0. The number of hydrogen-bond donors (Lipinski definition) is 1. The molecule has 1 aliphatic rings. The van der Waals surface area contributed by atoms with Crippen LogP contribution < -0.4 is 5.73 Å². The quantitative estimate of drug-likeness (QED) is 0.917. The molecule has 5 heteroatoms. The van der Waals surface area contributed by atoms with Crippen molar-refractivity contribution in [1.82, 2.24) is 10.1 Å². The van der Waals surface area contributed by atoms with Crippen LogP contribution in [-0.4, -0.2) is 10.1 Å². The second-order valence-corrected chi connectivity index (χ2v) is 5.38. The lowest BCUT2D eigenvalue weighted by atomic mass is 9.97. The Labute approximate surface area is 110 Å². The van der Waals surface area contributed by atoms with Crippen LogP contribution in [0.1, 0.15) is 37.0 Å². The normalized spacial score (nSPS) is 18.3. The van der Waals surface area contributed by atoms with E-state index in [1.54, 1.807) is 6.07 Å². The first kappa shape index (κ1) is 12.3. The number of nitrogens with zero attached hydrogens (tertiary/aromatic N) is 2. The number of rotatable bonds is 4. The highest BCUT2D eigenvalue weighted by atomic mass is 19.1. The molecule has 0 bridgehead atoms. The zero-order chi connectivity index (χ0) is 13.5. The van der Waals surface area contributed by atoms with E-state index in [4.69, 9.17) is 10.3 Å². The predicted octanol–water partition coefficient (Wildman–Crippen LogP) is 2.38. The van der Waals surface area contributed by atoms with Crippen LogP contribution >= 0.6 is 0 Å². The van der Waals surface area contributed by atoms with Gasteiger partial charge in [0.2, 0.25) is 5.89 Å². The maximum atomic E-state index is 13.1. The molecule has 1 atom stereocenters. The number of aromatic nitrogens is 2.